The highest BCUT2D eigenvalue weighted by atomic mass is 19.3. The summed E-state index contributed by atoms with van der Waals surface area (Å²) in [6, 6.07) is 5.32. The Balaban J connectivity index is 2.73. The molecule has 0 spiro atoms. The highest BCUT2D eigenvalue weighted by molar-refractivity contribution is 5.82. The molecule has 0 N–H and O–H groups in total. The topological polar surface area (TPSA) is 12.9 Å². The Kier molecular flexibility index (Phi) is 2.81. The summed E-state index contributed by atoms with van der Waals surface area (Å²) in [4.78, 5) is 3.81. The summed E-state index contributed by atoms with van der Waals surface area (Å²) in [6.07, 6.45) is -2.03. The fraction of sp³-hybridized carbons (Fsp3) is 0.250. The van der Waals surface area contributed by atoms with E-state index in [2.05, 4.69) is 4.98 Å². The molecule has 0 aliphatic heterocycles. The lowest BCUT2D eigenvalue weighted by Gasteiger charge is -2.07. The van der Waals surface area contributed by atoms with Crippen LogP contribution >= 0.6 is 0 Å². The van der Waals surface area contributed by atoms with E-state index >= 15 is 0 Å². The van der Waals surface area contributed by atoms with Crippen LogP contribution in [0.15, 0.2) is 24.3 Å². The van der Waals surface area contributed by atoms with E-state index in [9.17, 15) is 13.2 Å². The van der Waals surface area contributed by atoms with E-state index in [1.807, 2.05) is 6.92 Å². The smallest absolute Gasteiger partial charge is 0.247 e. The van der Waals surface area contributed by atoms with Crippen LogP contribution in [0.2, 0.25) is 0 Å². The molecule has 0 bridgehead atoms. The highest BCUT2D eigenvalue weighted by Crippen LogP contribution is 2.25. The minimum atomic E-state index is -2.60. The van der Waals surface area contributed by atoms with Gasteiger partial charge in [0.2, 0.25) is 0 Å². The molecule has 0 fully saturated rings. The number of benzene rings is 1. The first kappa shape index (κ1) is 10.9. The van der Waals surface area contributed by atoms with Crippen LogP contribution in [0, 0.1) is 5.82 Å². The monoisotopic (exact) mass is 225 g/mol. The molecule has 2 rings (SSSR count). The van der Waals surface area contributed by atoms with Crippen molar-refractivity contribution in [1.29, 1.82) is 0 Å². The zero-order valence-corrected chi connectivity index (χ0v) is 8.67. The van der Waals surface area contributed by atoms with Crippen LogP contribution in [0.25, 0.3) is 10.9 Å². The van der Waals surface area contributed by atoms with E-state index < -0.39 is 6.43 Å². The number of fused-ring (bicyclic) bond motifs is 1. The Bertz CT molecular complexity index is 523. The number of aryl methyl sites for hydroxylation is 1. The van der Waals surface area contributed by atoms with Gasteiger partial charge >= 0.3 is 0 Å². The molecular weight excluding hydrogens is 215 g/mol. The maximum Gasteiger partial charge on any atom is 0.280 e. The third-order valence-electron chi connectivity index (χ3n) is 2.48. The van der Waals surface area contributed by atoms with Crippen molar-refractivity contribution in [2.75, 3.05) is 0 Å². The van der Waals surface area contributed by atoms with Gasteiger partial charge in [-0.05, 0) is 36.2 Å². The van der Waals surface area contributed by atoms with E-state index in [1.165, 1.54) is 24.3 Å². The molecular formula is C12H10F3N. The van der Waals surface area contributed by atoms with Crippen LogP contribution in [0.4, 0.5) is 13.2 Å². The van der Waals surface area contributed by atoms with Crippen molar-refractivity contribution >= 4 is 10.9 Å². The molecule has 16 heavy (non-hydrogen) atoms. The number of hydrogen-bond donors (Lipinski definition) is 0. The third-order valence-corrected chi connectivity index (χ3v) is 2.48. The van der Waals surface area contributed by atoms with Crippen LogP contribution in [0.1, 0.15) is 24.6 Å². The lowest BCUT2D eigenvalue weighted by molar-refractivity contribution is 0.146. The van der Waals surface area contributed by atoms with Gasteiger partial charge in [-0.15, -0.1) is 0 Å². The van der Waals surface area contributed by atoms with Gasteiger partial charge in [-0.1, -0.05) is 6.92 Å². The predicted molar refractivity (Wildman–Crippen MR) is 56.0 cm³/mol. The Morgan fingerprint density at radius 2 is 2.00 bits per heavy atom. The molecule has 0 aliphatic carbocycles. The number of aromatic nitrogens is 1. The van der Waals surface area contributed by atoms with Crippen molar-refractivity contribution in [2.45, 2.75) is 19.8 Å². The Hall–Kier alpha value is -1.58. The molecule has 1 aromatic heterocycles. The Morgan fingerprint density at radius 3 is 2.62 bits per heavy atom. The molecule has 1 nitrogen and oxygen atoms in total. The molecule has 1 aromatic carbocycles. The van der Waals surface area contributed by atoms with Crippen LogP contribution in [0.5, 0.6) is 0 Å². The van der Waals surface area contributed by atoms with Gasteiger partial charge in [0.25, 0.3) is 6.43 Å². The molecule has 0 saturated carbocycles. The number of halogens is 3. The first-order valence-electron chi connectivity index (χ1n) is 4.99. The van der Waals surface area contributed by atoms with Crippen LogP contribution in [0.3, 0.4) is 0 Å². The van der Waals surface area contributed by atoms with E-state index in [0.717, 1.165) is 0 Å². The van der Waals surface area contributed by atoms with Crippen molar-refractivity contribution in [1.82, 2.24) is 4.98 Å². The summed E-state index contributed by atoms with van der Waals surface area (Å²) in [5, 5.41) is 0.604. The molecule has 0 amide bonds. The summed E-state index contributed by atoms with van der Waals surface area (Å²) in [5.41, 5.74) is 0.854. The fourth-order valence-corrected chi connectivity index (χ4v) is 1.69. The summed E-state index contributed by atoms with van der Waals surface area (Å²) < 4.78 is 38.1. The number of rotatable bonds is 2. The zero-order chi connectivity index (χ0) is 11.7. The highest BCUT2D eigenvalue weighted by Gasteiger charge is 2.12. The van der Waals surface area contributed by atoms with Crippen molar-refractivity contribution in [3.05, 3.63) is 41.3 Å². The van der Waals surface area contributed by atoms with Crippen LogP contribution in [-0.2, 0) is 6.42 Å². The predicted octanol–water partition coefficient (Wildman–Crippen LogP) is 3.87. The molecule has 1 heterocycles. The van der Waals surface area contributed by atoms with Gasteiger partial charge in [0.05, 0.1) is 5.52 Å². The normalized spacial score (nSPS) is 11.3. The van der Waals surface area contributed by atoms with Crippen molar-refractivity contribution in [2.24, 2.45) is 0 Å². The standard InChI is InChI=1S/C12H10F3N/c1-2-7-5-11(12(14)15)16-10-4-3-8(13)6-9(7)10/h3-6,12H,2H2,1H3. The average molecular weight is 225 g/mol. The molecule has 0 radical (unpaired) electrons. The first-order chi connectivity index (χ1) is 7.61. The number of alkyl halides is 2. The maximum atomic E-state index is 13.0. The van der Waals surface area contributed by atoms with Gasteiger partial charge in [0, 0.05) is 5.39 Å². The minimum Gasteiger partial charge on any atom is -0.247 e. The zero-order valence-electron chi connectivity index (χ0n) is 8.67. The second-order valence-electron chi connectivity index (χ2n) is 3.52. The molecule has 0 atom stereocenters. The van der Waals surface area contributed by atoms with Gasteiger partial charge in [0.1, 0.15) is 11.5 Å². The largest absolute Gasteiger partial charge is 0.280 e. The molecule has 0 aliphatic rings. The molecule has 84 valence electrons. The minimum absolute atomic E-state index is 0.254. The molecule has 0 unspecified atom stereocenters. The van der Waals surface area contributed by atoms with Crippen molar-refractivity contribution < 1.29 is 13.2 Å². The summed E-state index contributed by atoms with van der Waals surface area (Å²) in [7, 11) is 0. The second kappa shape index (κ2) is 4.12. The number of pyridine rings is 1. The van der Waals surface area contributed by atoms with Crippen LogP contribution in [-0.4, -0.2) is 4.98 Å². The van der Waals surface area contributed by atoms with E-state index in [0.29, 0.717) is 22.9 Å². The number of hydrogen-bond acceptors (Lipinski definition) is 1. The lowest BCUT2D eigenvalue weighted by atomic mass is 10.1. The van der Waals surface area contributed by atoms with Gasteiger partial charge in [0.15, 0.2) is 0 Å². The first-order valence-corrected chi connectivity index (χ1v) is 4.99. The molecule has 0 saturated heterocycles. The lowest BCUT2D eigenvalue weighted by Crippen LogP contribution is -1.95. The van der Waals surface area contributed by atoms with Gasteiger partial charge < -0.3 is 0 Å². The average Bonchev–Trinajstić information content (AvgIpc) is 2.27. The van der Waals surface area contributed by atoms with Crippen LogP contribution < -0.4 is 0 Å². The van der Waals surface area contributed by atoms with E-state index in [1.54, 1.807) is 0 Å². The summed E-state index contributed by atoms with van der Waals surface area (Å²) in [5.74, 6) is -0.381. The Labute approximate surface area is 90.9 Å². The van der Waals surface area contributed by atoms with Gasteiger partial charge in [-0.3, -0.25) is 0 Å². The van der Waals surface area contributed by atoms with E-state index in [-0.39, 0.29) is 11.5 Å². The van der Waals surface area contributed by atoms with Crippen molar-refractivity contribution in [3.63, 3.8) is 0 Å². The second-order valence-corrected chi connectivity index (χ2v) is 3.52. The summed E-state index contributed by atoms with van der Waals surface area (Å²) in [6.45, 7) is 1.84. The van der Waals surface area contributed by atoms with Crippen molar-refractivity contribution in [3.8, 4) is 0 Å². The van der Waals surface area contributed by atoms with Gasteiger partial charge in [-0.25, -0.2) is 18.2 Å². The quantitative estimate of drug-likeness (QED) is 0.755. The van der Waals surface area contributed by atoms with Gasteiger partial charge in [-0.2, -0.15) is 0 Å². The maximum absolute atomic E-state index is 13.0. The Morgan fingerprint density at radius 1 is 1.25 bits per heavy atom. The fourth-order valence-electron chi connectivity index (χ4n) is 1.69. The number of nitrogens with zero attached hydrogens (tertiary/aromatic N) is 1. The third kappa shape index (κ3) is 1.87. The van der Waals surface area contributed by atoms with E-state index in [4.69, 9.17) is 0 Å². The SMILES string of the molecule is CCc1cc(C(F)F)nc2ccc(F)cc12. The summed E-state index contributed by atoms with van der Waals surface area (Å²) >= 11 is 0. The molecule has 2 aromatic rings. The molecule has 4 heteroatoms.